The monoisotopic (exact) mass is 656 g/mol. The van der Waals surface area contributed by atoms with Crippen LogP contribution >= 0.6 is 0 Å². The molecule has 4 aliphatic carbocycles. The molecule has 1 heterocycles. The fraction of sp³-hybridized carbons (Fsp3) is 0.889. The van der Waals surface area contributed by atoms with E-state index < -0.39 is 116 Å². The van der Waals surface area contributed by atoms with Crippen LogP contribution in [0.4, 0.5) is 39.5 Å². The van der Waals surface area contributed by atoms with Crippen molar-refractivity contribution in [1.82, 2.24) is 0 Å². The van der Waals surface area contributed by atoms with Gasteiger partial charge in [-0.2, -0.15) is 22.0 Å². The van der Waals surface area contributed by atoms with Gasteiger partial charge in [-0.15, -0.1) is 0 Å². The van der Waals surface area contributed by atoms with E-state index in [4.69, 9.17) is 23.7 Å². The molecule has 5 fully saturated rings. The second kappa shape index (κ2) is 11.5. The molecular formula is C27H33F9O8. The number of halogens is 9. The highest BCUT2D eigenvalue weighted by Crippen LogP contribution is 2.66. The van der Waals surface area contributed by atoms with Crippen molar-refractivity contribution < 1.29 is 77.6 Å². The third kappa shape index (κ3) is 7.39. The van der Waals surface area contributed by atoms with Crippen LogP contribution in [0, 0.1) is 28.6 Å². The highest BCUT2D eigenvalue weighted by atomic mass is 19.4. The molecule has 5 rings (SSSR count). The Balaban J connectivity index is 1.47. The maximum Gasteiger partial charge on any atom is 0.453 e. The molecule has 4 bridgehead atoms. The molecule has 0 aromatic carbocycles. The van der Waals surface area contributed by atoms with E-state index in [0.29, 0.717) is 33.1 Å². The zero-order chi connectivity index (χ0) is 33.0. The zero-order valence-electron chi connectivity index (χ0n) is 23.9. The largest absolute Gasteiger partial charge is 0.465 e. The predicted octanol–water partition coefficient (Wildman–Crippen LogP) is 5.46. The number of carbonyl (C=O) groups excluding carboxylic acids is 3. The average Bonchev–Trinajstić information content (AvgIpc) is 2.86. The summed E-state index contributed by atoms with van der Waals surface area (Å²) >= 11 is 0. The van der Waals surface area contributed by atoms with Crippen molar-refractivity contribution in [1.29, 1.82) is 0 Å². The van der Waals surface area contributed by atoms with Crippen molar-refractivity contribution in [3.8, 4) is 0 Å². The molecule has 8 nitrogen and oxygen atoms in total. The number of esters is 3. The molecule has 252 valence electrons. The lowest BCUT2D eigenvalue weighted by atomic mass is 9.47. The minimum Gasteiger partial charge on any atom is -0.465 e. The van der Waals surface area contributed by atoms with Gasteiger partial charge in [-0.05, 0) is 44.9 Å². The number of carbonyl (C=O) groups is 3. The van der Waals surface area contributed by atoms with Gasteiger partial charge < -0.3 is 23.7 Å². The van der Waals surface area contributed by atoms with Crippen molar-refractivity contribution in [2.24, 2.45) is 28.6 Å². The molecule has 4 saturated carbocycles. The first-order valence-corrected chi connectivity index (χ1v) is 14.0. The molecule has 2 unspecified atom stereocenters. The summed E-state index contributed by atoms with van der Waals surface area (Å²) in [6.45, 7) is -2.55. The van der Waals surface area contributed by atoms with Gasteiger partial charge in [0.1, 0.15) is 26.1 Å². The fourth-order valence-electron chi connectivity index (χ4n) is 6.92. The molecule has 0 amide bonds. The predicted molar refractivity (Wildman–Crippen MR) is 127 cm³/mol. The summed E-state index contributed by atoms with van der Waals surface area (Å²) in [5.41, 5.74) is -2.69. The molecule has 2 atom stereocenters. The Morgan fingerprint density at radius 3 is 1.68 bits per heavy atom. The van der Waals surface area contributed by atoms with Crippen LogP contribution in [-0.4, -0.2) is 80.7 Å². The maximum absolute atomic E-state index is 13.4. The summed E-state index contributed by atoms with van der Waals surface area (Å²) in [5.74, 6) is -18.2. The molecule has 1 aliphatic heterocycles. The van der Waals surface area contributed by atoms with Gasteiger partial charge in [0.2, 0.25) is 0 Å². The maximum atomic E-state index is 13.4. The van der Waals surface area contributed by atoms with E-state index in [1.54, 1.807) is 0 Å². The van der Waals surface area contributed by atoms with E-state index in [9.17, 15) is 53.9 Å². The minimum atomic E-state index is -6.02. The Morgan fingerprint density at radius 2 is 1.23 bits per heavy atom. The third-order valence-electron chi connectivity index (χ3n) is 8.74. The van der Waals surface area contributed by atoms with Gasteiger partial charge in [0, 0.05) is 18.8 Å². The summed E-state index contributed by atoms with van der Waals surface area (Å²) in [5, 5.41) is 0. The lowest BCUT2D eigenvalue weighted by Crippen LogP contribution is -2.68. The average molecular weight is 657 g/mol. The lowest BCUT2D eigenvalue weighted by molar-refractivity contribution is -0.391. The zero-order valence-corrected chi connectivity index (χ0v) is 23.9. The lowest BCUT2D eigenvalue weighted by Gasteiger charge is -2.64. The Bertz CT molecular complexity index is 1090. The van der Waals surface area contributed by atoms with Crippen LogP contribution in [-0.2, 0) is 38.1 Å². The van der Waals surface area contributed by atoms with Gasteiger partial charge in [-0.1, -0.05) is 0 Å². The first kappa shape index (κ1) is 34.6. The Hall–Kier alpha value is -2.30. The first-order valence-electron chi connectivity index (χ1n) is 14.0. The normalized spacial score (nSPS) is 33.8. The molecule has 0 radical (unpaired) electrons. The van der Waals surface area contributed by atoms with Crippen LogP contribution in [0.15, 0.2) is 0 Å². The summed E-state index contributed by atoms with van der Waals surface area (Å²) in [7, 11) is 0. The van der Waals surface area contributed by atoms with Crippen molar-refractivity contribution in [2.45, 2.75) is 88.5 Å². The van der Waals surface area contributed by atoms with Crippen LogP contribution in [0.1, 0.15) is 58.8 Å². The van der Waals surface area contributed by atoms with E-state index in [0.717, 1.165) is 0 Å². The number of hydrogen-bond acceptors (Lipinski definition) is 8. The smallest absolute Gasteiger partial charge is 0.453 e. The quantitative estimate of drug-likeness (QED) is 0.164. The fourth-order valence-corrected chi connectivity index (χ4v) is 6.92. The van der Waals surface area contributed by atoms with Crippen molar-refractivity contribution in [3.63, 3.8) is 0 Å². The highest BCUT2D eigenvalue weighted by Gasteiger charge is 2.68. The summed E-state index contributed by atoms with van der Waals surface area (Å²) < 4.78 is 145. The summed E-state index contributed by atoms with van der Waals surface area (Å²) in [6, 6.07) is 0. The standard InChI is InChI=1S/C27H33F9O8/c1-21(28,29)8-18(37)40-11-23(12-41-19(38)9-25(32,33)27(34,35)36)13-43-26(44-14-23)16-3-15-4-17(26)7-24(5-15,6-16)20(39)42-10-22(2,30)31/h15-17H,3-14H2,1-2H3. The molecular weight excluding hydrogens is 623 g/mol. The van der Waals surface area contributed by atoms with Gasteiger partial charge in [-0.25, -0.2) is 17.6 Å². The van der Waals surface area contributed by atoms with Crippen LogP contribution in [0.25, 0.3) is 0 Å². The topological polar surface area (TPSA) is 97.4 Å². The third-order valence-corrected chi connectivity index (χ3v) is 8.74. The number of ether oxygens (including phenoxy) is 5. The molecule has 0 N–H and O–H groups in total. The first-order chi connectivity index (χ1) is 20.0. The van der Waals surface area contributed by atoms with E-state index in [1.807, 2.05) is 0 Å². The minimum absolute atomic E-state index is 0.0413. The molecule has 0 aromatic heterocycles. The van der Waals surface area contributed by atoms with Gasteiger partial charge in [0.15, 0.2) is 12.4 Å². The number of hydrogen-bond donors (Lipinski definition) is 0. The van der Waals surface area contributed by atoms with Gasteiger partial charge in [-0.3, -0.25) is 14.4 Å². The van der Waals surface area contributed by atoms with Gasteiger partial charge in [0.25, 0.3) is 11.8 Å². The molecule has 17 heteroatoms. The van der Waals surface area contributed by atoms with Crippen molar-refractivity contribution in [3.05, 3.63) is 0 Å². The van der Waals surface area contributed by atoms with Gasteiger partial charge in [0.05, 0.1) is 24.0 Å². The molecule has 44 heavy (non-hydrogen) atoms. The van der Waals surface area contributed by atoms with E-state index >= 15 is 0 Å². The highest BCUT2D eigenvalue weighted by molar-refractivity contribution is 5.77. The molecule has 0 aromatic rings. The van der Waals surface area contributed by atoms with Crippen molar-refractivity contribution >= 4 is 17.9 Å². The molecule has 1 saturated heterocycles. The van der Waals surface area contributed by atoms with Crippen molar-refractivity contribution in [2.75, 3.05) is 33.0 Å². The Kier molecular flexibility index (Phi) is 9.03. The van der Waals surface area contributed by atoms with E-state index in [-0.39, 0.29) is 18.8 Å². The van der Waals surface area contributed by atoms with Crippen LogP contribution in [0.3, 0.4) is 0 Å². The summed E-state index contributed by atoms with van der Waals surface area (Å²) in [4.78, 5) is 36.9. The second-order valence-electron chi connectivity index (χ2n) is 13.0. The van der Waals surface area contributed by atoms with E-state index in [1.165, 1.54) is 0 Å². The van der Waals surface area contributed by atoms with Crippen LogP contribution in [0.2, 0.25) is 0 Å². The Labute approximate surface area is 246 Å². The molecule has 5 aliphatic rings. The van der Waals surface area contributed by atoms with Crippen LogP contribution < -0.4 is 0 Å². The van der Waals surface area contributed by atoms with Gasteiger partial charge >= 0.3 is 30.0 Å². The SMILES string of the molecule is CC(F)(F)COC(=O)C12CC3CC(C1)C1(OCC(COC(=O)CC(C)(F)F)(COC(=O)CC(F)(F)C(F)(F)F)CO1)C(C3)C2. The van der Waals surface area contributed by atoms with E-state index in [2.05, 4.69) is 0 Å². The second-order valence-corrected chi connectivity index (χ2v) is 13.0. The number of rotatable bonds is 11. The number of alkyl halides is 9. The van der Waals surface area contributed by atoms with Crippen LogP contribution in [0.5, 0.6) is 0 Å². The Morgan fingerprint density at radius 1 is 0.727 bits per heavy atom. The molecule has 1 spiro atoms. The summed E-state index contributed by atoms with van der Waals surface area (Å²) in [6.07, 6.45) is -7.77.